The van der Waals surface area contributed by atoms with Crippen LogP contribution >= 0.6 is 11.6 Å². The molecule has 130 valence electrons. The fraction of sp³-hybridized carbons (Fsp3) is 0.158. The summed E-state index contributed by atoms with van der Waals surface area (Å²) < 4.78 is 0. The number of hydrazone groups is 1. The Morgan fingerprint density at radius 1 is 1.36 bits per heavy atom. The third-order valence-corrected chi connectivity index (χ3v) is 3.94. The van der Waals surface area contributed by atoms with Crippen LogP contribution in [-0.2, 0) is 11.2 Å². The Hall–Kier alpha value is -2.79. The van der Waals surface area contributed by atoms with Crippen molar-refractivity contribution in [3.63, 3.8) is 0 Å². The Morgan fingerprint density at radius 3 is 2.88 bits per heavy atom. The maximum absolute atomic E-state index is 11.8. The van der Waals surface area contributed by atoms with Crippen LogP contribution in [0.15, 0.2) is 54.2 Å². The van der Waals surface area contributed by atoms with Crippen LogP contribution in [0.3, 0.4) is 0 Å². The molecule has 6 heteroatoms. The molecule has 0 saturated heterocycles. The molecule has 0 aliphatic carbocycles. The number of anilines is 1. The van der Waals surface area contributed by atoms with Crippen molar-refractivity contribution in [2.24, 2.45) is 5.10 Å². The molecule has 2 aromatic rings. The molecule has 0 aliphatic heterocycles. The van der Waals surface area contributed by atoms with E-state index >= 15 is 0 Å². The number of phenolic OH excluding ortho intramolecular Hbond substituents is 1. The van der Waals surface area contributed by atoms with Crippen molar-refractivity contribution >= 4 is 29.4 Å². The van der Waals surface area contributed by atoms with Gasteiger partial charge in [0.15, 0.2) is 0 Å². The van der Waals surface area contributed by atoms with Gasteiger partial charge in [-0.05, 0) is 48.7 Å². The topological polar surface area (TPSA) is 73.7 Å². The number of hydrogen-bond donors (Lipinski definition) is 3. The number of nitrogens with zero attached hydrogens (tertiary/aromatic N) is 1. The zero-order chi connectivity index (χ0) is 18.2. The molecule has 0 heterocycles. The summed E-state index contributed by atoms with van der Waals surface area (Å²) in [5.74, 6) is -0.166. The number of nitrogens with one attached hydrogen (secondary N) is 2. The van der Waals surface area contributed by atoms with Crippen LogP contribution in [0.25, 0.3) is 0 Å². The molecule has 2 rings (SSSR count). The minimum atomic E-state index is -0.300. The van der Waals surface area contributed by atoms with Gasteiger partial charge in [0.05, 0.1) is 12.8 Å². The zero-order valence-corrected chi connectivity index (χ0v) is 14.7. The van der Waals surface area contributed by atoms with Crippen molar-refractivity contribution in [1.82, 2.24) is 5.43 Å². The van der Waals surface area contributed by atoms with E-state index in [-0.39, 0.29) is 18.2 Å². The number of halogens is 1. The Bertz CT molecular complexity index is 803. The SMILES string of the molecule is C=CCc1cccc(/C=N/NC(=O)CNc2ccc(Cl)c(C)c2)c1O. The van der Waals surface area contributed by atoms with Crippen molar-refractivity contribution < 1.29 is 9.90 Å². The molecule has 5 nitrogen and oxygen atoms in total. The average molecular weight is 358 g/mol. The third kappa shape index (κ3) is 5.36. The van der Waals surface area contributed by atoms with Gasteiger partial charge < -0.3 is 10.4 Å². The molecule has 0 saturated carbocycles. The predicted octanol–water partition coefficient (Wildman–Crippen LogP) is 3.64. The molecule has 3 N–H and O–H groups in total. The van der Waals surface area contributed by atoms with Gasteiger partial charge in [0, 0.05) is 16.3 Å². The summed E-state index contributed by atoms with van der Waals surface area (Å²) in [5.41, 5.74) is 5.43. The first-order chi connectivity index (χ1) is 12.0. The van der Waals surface area contributed by atoms with Crippen LogP contribution in [0.5, 0.6) is 5.75 Å². The monoisotopic (exact) mass is 357 g/mol. The molecule has 0 aliphatic rings. The molecular weight excluding hydrogens is 338 g/mol. The Balaban J connectivity index is 1.89. The fourth-order valence-corrected chi connectivity index (χ4v) is 2.30. The summed E-state index contributed by atoms with van der Waals surface area (Å²) in [7, 11) is 0. The number of rotatable bonds is 7. The lowest BCUT2D eigenvalue weighted by molar-refractivity contribution is -0.119. The number of hydrogen-bond acceptors (Lipinski definition) is 4. The molecule has 0 fully saturated rings. The highest BCUT2D eigenvalue weighted by Crippen LogP contribution is 2.21. The summed E-state index contributed by atoms with van der Waals surface area (Å²) >= 11 is 5.96. The summed E-state index contributed by atoms with van der Waals surface area (Å²) in [6.45, 7) is 5.62. The quantitative estimate of drug-likeness (QED) is 0.402. The second-order valence-corrected chi connectivity index (χ2v) is 5.87. The van der Waals surface area contributed by atoms with Crippen molar-refractivity contribution in [3.8, 4) is 5.75 Å². The predicted molar refractivity (Wildman–Crippen MR) is 102 cm³/mol. The van der Waals surface area contributed by atoms with E-state index in [9.17, 15) is 9.90 Å². The second kappa shape index (κ2) is 8.89. The highest BCUT2D eigenvalue weighted by atomic mass is 35.5. The molecule has 0 radical (unpaired) electrons. The maximum atomic E-state index is 11.8. The number of benzene rings is 2. The van der Waals surface area contributed by atoms with Crippen molar-refractivity contribution in [2.75, 3.05) is 11.9 Å². The lowest BCUT2D eigenvalue weighted by atomic mass is 10.1. The van der Waals surface area contributed by atoms with Crippen LogP contribution in [0.1, 0.15) is 16.7 Å². The molecule has 0 aromatic heterocycles. The van der Waals surface area contributed by atoms with E-state index in [0.29, 0.717) is 17.0 Å². The van der Waals surface area contributed by atoms with E-state index in [1.165, 1.54) is 6.21 Å². The van der Waals surface area contributed by atoms with Gasteiger partial charge in [-0.2, -0.15) is 5.10 Å². The largest absolute Gasteiger partial charge is 0.507 e. The Labute approximate surface area is 152 Å². The van der Waals surface area contributed by atoms with E-state index in [0.717, 1.165) is 16.8 Å². The van der Waals surface area contributed by atoms with Gasteiger partial charge in [-0.15, -0.1) is 6.58 Å². The minimum Gasteiger partial charge on any atom is -0.507 e. The lowest BCUT2D eigenvalue weighted by Gasteiger charge is -2.07. The molecule has 0 atom stereocenters. The number of carbonyl (C=O) groups excluding carboxylic acids is 1. The zero-order valence-electron chi connectivity index (χ0n) is 13.9. The smallest absolute Gasteiger partial charge is 0.259 e. The highest BCUT2D eigenvalue weighted by Gasteiger charge is 2.04. The highest BCUT2D eigenvalue weighted by molar-refractivity contribution is 6.31. The normalized spacial score (nSPS) is 10.6. The summed E-state index contributed by atoms with van der Waals surface area (Å²) in [5, 5.41) is 17.7. The first-order valence-corrected chi connectivity index (χ1v) is 8.12. The van der Waals surface area contributed by atoms with Gasteiger partial charge in [-0.3, -0.25) is 4.79 Å². The first kappa shape index (κ1) is 18.5. The number of aromatic hydroxyl groups is 1. The van der Waals surface area contributed by atoms with Crippen LogP contribution in [0.2, 0.25) is 5.02 Å². The molecule has 1 amide bonds. The van der Waals surface area contributed by atoms with Gasteiger partial charge in [-0.1, -0.05) is 29.8 Å². The summed E-state index contributed by atoms with van der Waals surface area (Å²) in [6.07, 6.45) is 3.68. The fourth-order valence-electron chi connectivity index (χ4n) is 2.19. The third-order valence-electron chi connectivity index (χ3n) is 3.52. The lowest BCUT2D eigenvalue weighted by Crippen LogP contribution is -2.25. The summed E-state index contributed by atoms with van der Waals surface area (Å²) in [4.78, 5) is 11.8. The van der Waals surface area contributed by atoms with Crippen molar-refractivity contribution in [2.45, 2.75) is 13.3 Å². The van der Waals surface area contributed by atoms with E-state index in [4.69, 9.17) is 11.6 Å². The van der Waals surface area contributed by atoms with Gasteiger partial charge in [0.25, 0.3) is 5.91 Å². The van der Waals surface area contributed by atoms with Crippen LogP contribution in [0, 0.1) is 6.92 Å². The van der Waals surface area contributed by atoms with Crippen LogP contribution < -0.4 is 10.7 Å². The van der Waals surface area contributed by atoms with Crippen LogP contribution in [-0.4, -0.2) is 23.8 Å². The first-order valence-electron chi connectivity index (χ1n) is 7.75. The number of aryl methyl sites for hydroxylation is 1. The number of allylic oxidation sites excluding steroid dienone is 1. The molecule has 0 bridgehead atoms. The van der Waals surface area contributed by atoms with Crippen molar-refractivity contribution in [1.29, 1.82) is 0 Å². The number of phenols is 1. The minimum absolute atomic E-state index is 0.0703. The van der Waals surface area contributed by atoms with Gasteiger partial charge >= 0.3 is 0 Å². The second-order valence-electron chi connectivity index (χ2n) is 5.46. The Kier molecular flexibility index (Phi) is 6.60. The van der Waals surface area contributed by atoms with E-state index < -0.39 is 0 Å². The van der Waals surface area contributed by atoms with Crippen molar-refractivity contribution in [3.05, 3.63) is 70.8 Å². The van der Waals surface area contributed by atoms with E-state index in [1.54, 1.807) is 24.3 Å². The molecular formula is C19H20ClN3O2. The molecule has 0 unspecified atom stereocenters. The van der Waals surface area contributed by atoms with Gasteiger partial charge in [-0.25, -0.2) is 5.43 Å². The van der Waals surface area contributed by atoms with Gasteiger partial charge in [0.2, 0.25) is 0 Å². The number of carbonyl (C=O) groups is 1. The van der Waals surface area contributed by atoms with Crippen LogP contribution in [0.4, 0.5) is 5.69 Å². The Morgan fingerprint density at radius 2 is 2.16 bits per heavy atom. The average Bonchev–Trinajstić information content (AvgIpc) is 2.59. The standard InChI is InChI=1S/C19H20ClN3O2/c1-3-5-14-6-4-7-15(19(14)25)11-22-23-18(24)12-21-16-8-9-17(20)13(2)10-16/h3-4,6-11,21,25H,1,5,12H2,2H3,(H,23,24)/b22-11+. The molecule has 25 heavy (non-hydrogen) atoms. The molecule has 2 aromatic carbocycles. The summed E-state index contributed by atoms with van der Waals surface area (Å²) in [6, 6.07) is 10.8. The molecule has 0 spiro atoms. The maximum Gasteiger partial charge on any atom is 0.259 e. The van der Waals surface area contributed by atoms with E-state index in [1.807, 2.05) is 25.1 Å². The van der Waals surface area contributed by atoms with E-state index in [2.05, 4.69) is 22.4 Å². The van der Waals surface area contributed by atoms with Gasteiger partial charge in [0.1, 0.15) is 5.75 Å². The number of amides is 1. The number of para-hydroxylation sites is 1.